The van der Waals surface area contributed by atoms with Crippen molar-refractivity contribution in [2.45, 2.75) is 25.8 Å². The number of aryl methyl sites for hydroxylation is 1. The Morgan fingerprint density at radius 2 is 2.00 bits per heavy atom. The Balaban J connectivity index is 1.61. The predicted octanol–water partition coefficient (Wildman–Crippen LogP) is 3.65. The molecule has 0 radical (unpaired) electrons. The van der Waals surface area contributed by atoms with Crippen molar-refractivity contribution in [1.82, 2.24) is 15.0 Å². The smallest absolute Gasteiger partial charge is 0.229 e. The molecule has 1 aromatic carbocycles. The molecule has 0 atom stereocenters. The third-order valence-corrected chi connectivity index (χ3v) is 3.64. The van der Waals surface area contributed by atoms with Gasteiger partial charge in [-0.1, -0.05) is 6.07 Å². The highest BCUT2D eigenvalue weighted by Gasteiger charge is 2.21. The molecule has 0 aliphatic heterocycles. The third kappa shape index (κ3) is 2.83. The molecule has 1 aliphatic carbocycles. The molecule has 0 amide bonds. The summed E-state index contributed by atoms with van der Waals surface area (Å²) in [4.78, 5) is 13.3. The highest BCUT2D eigenvalue weighted by molar-refractivity contribution is 5.82. The molecule has 2 heterocycles. The van der Waals surface area contributed by atoms with Crippen LogP contribution in [0.1, 0.15) is 18.5 Å². The lowest BCUT2D eigenvalue weighted by Gasteiger charge is -2.10. The van der Waals surface area contributed by atoms with E-state index in [1.165, 1.54) is 12.8 Å². The molecule has 22 heavy (non-hydrogen) atoms. The molecule has 2 N–H and O–H groups in total. The minimum atomic E-state index is 0.578. The molecule has 2 aromatic heterocycles. The van der Waals surface area contributed by atoms with Gasteiger partial charge in [0.25, 0.3) is 0 Å². The van der Waals surface area contributed by atoms with E-state index in [1.54, 1.807) is 6.20 Å². The first-order chi connectivity index (χ1) is 10.8. The van der Waals surface area contributed by atoms with E-state index in [1.807, 2.05) is 37.3 Å². The van der Waals surface area contributed by atoms with E-state index in [-0.39, 0.29) is 0 Å². The molecular weight excluding hydrogens is 274 g/mol. The molecule has 5 nitrogen and oxygen atoms in total. The first kappa shape index (κ1) is 13.0. The van der Waals surface area contributed by atoms with Crippen LogP contribution in [0, 0.1) is 6.92 Å². The van der Waals surface area contributed by atoms with Crippen molar-refractivity contribution in [2.24, 2.45) is 0 Å². The summed E-state index contributed by atoms with van der Waals surface area (Å²) in [6.45, 7) is 1.98. The zero-order valence-corrected chi connectivity index (χ0v) is 12.4. The van der Waals surface area contributed by atoms with Crippen molar-refractivity contribution >= 4 is 28.4 Å². The zero-order valence-electron chi connectivity index (χ0n) is 12.4. The van der Waals surface area contributed by atoms with E-state index < -0.39 is 0 Å². The van der Waals surface area contributed by atoms with Gasteiger partial charge in [-0.05, 0) is 44.0 Å². The first-order valence-corrected chi connectivity index (χ1v) is 7.50. The normalized spacial score (nSPS) is 14.0. The minimum Gasteiger partial charge on any atom is -0.367 e. The van der Waals surface area contributed by atoms with Crippen LogP contribution in [0.15, 0.2) is 42.6 Å². The topological polar surface area (TPSA) is 62.7 Å². The largest absolute Gasteiger partial charge is 0.367 e. The van der Waals surface area contributed by atoms with Crippen LogP contribution in [-0.2, 0) is 0 Å². The quantitative estimate of drug-likeness (QED) is 0.768. The van der Waals surface area contributed by atoms with Gasteiger partial charge in [0.1, 0.15) is 5.82 Å². The van der Waals surface area contributed by atoms with Crippen LogP contribution in [0.3, 0.4) is 0 Å². The SMILES string of the molecule is Cc1cc(NC2CC2)nc(Nc2ccc3ncccc3c2)n1. The molecule has 110 valence electrons. The molecule has 0 saturated heterocycles. The number of nitrogens with one attached hydrogen (secondary N) is 2. The summed E-state index contributed by atoms with van der Waals surface area (Å²) in [7, 11) is 0. The van der Waals surface area contributed by atoms with Gasteiger partial charge in [0, 0.05) is 35.1 Å². The van der Waals surface area contributed by atoms with Crippen LogP contribution in [0.5, 0.6) is 0 Å². The van der Waals surface area contributed by atoms with Crippen molar-refractivity contribution in [1.29, 1.82) is 0 Å². The second kappa shape index (κ2) is 5.26. The van der Waals surface area contributed by atoms with Crippen LogP contribution in [0.25, 0.3) is 10.9 Å². The maximum absolute atomic E-state index is 4.54. The maximum Gasteiger partial charge on any atom is 0.229 e. The van der Waals surface area contributed by atoms with Gasteiger partial charge in [-0.15, -0.1) is 0 Å². The van der Waals surface area contributed by atoms with E-state index in [2.05, 4.69) is 31.7 Å². The highest BCUT2D eigenvalue weighted by atomic mass is 15.2. The van der Waals surface area contributed by atoms with E-state index in [0.717, 1.165) is 28.1 Å². The van der Waals surface area contributed by atoms with Gasteiger partial charge >= 0.3 is 0 Å². The lowest BCUT2D eigenvalue weighted by molar-refractivity contribution is 1.06. The molecule has 0 bridgehead atoms. The van der Waals surface area contributed by atoms with Crippen molar-refractivity contribution in [3.8, 4) is 0 Å². The van der Waals surface area contributed by atoms with Crippen molar-refractivity contribution < 1.29 is 0 Å². The second-order valence-electron chi connectivity index (χ2n) is 5.67. The van der Waals surface area contributed by atoms with E-state index >= 15 is 0 Å². The number of aromatic nitrogens is 3. The molecule has 4 rings (SSSR count). The summed E-state index contributed by atoms with van der Waals surface area (Å²) < 4.78 is 0. The number of hydrogen-bond donors (Lipinski definition) is 2. The number of hydrogen-bond acceptors (Lipinski definition) is 5. The van der Waals surface area contributed by atoms with Crippen LogP contribution >= 0.6 is 0 Å². The molecule has 1 saturated carbocycles. The third-order valence-electron chi connectivity index (χ3n) is 3.64. The Bertz CT molecular complexity index is 826. The lowest BCUT2D eigenvalue weighted by atomic mass is 10.2. The Kier molecular flexibility index (Phi) is 3.11. The summed E-state index contributed by atoms with van der Waals surface area (Å²) in [6, 6.07) is 12.6. The Morgan fingerprint density at radius 3 is 2.86 bits per heavy atom. The second-order valence-corrected chi connectivity index (χ2v) is 5.67. The van der Waals surface area contributed by atoms with Crippen LogP contribution in [0.4, 0.5) is 17.5 Å². The van der Waals surface area contributed by atoms with Gasteiger partial charge in [-0.3, -0.25) is 4.98 Å². The summed E-state index contributed by atoms with van der Waals surface area (Å²) in [5.41, 5.74) is 2.89. The minimum absolute atomic E-state index is 0.578. The van der Waals surface area contributed by atoms with Crippen LogP contribution in [-0.4, -0.2) is 21.0 Å². The van der Waals surface area contributed by atoms with Crippen molar-refractivity contribution in [3.05, 3.63) is 48.3 Å². The highest BCUT2D eigenvalue weighted by Crippen LogP contribution is 2.25. The average Bonchev–Trinajstić information content (AvgIpc) is 3.30. The molecule has 1 aliphatic rings. The summed E-state index contributed by atoms with van der Waals surface area (Å²) >= 11 is 0. The van der Waals surface area contributed by atoms with Crippen molar-refractivity contribution in [2.75, 3.05) is 10.6 Å². The number of fused-ring (bicyclic) bond motifs is 1. The maximum atomic E-state index is 4.54. The van der Waals surface area contributed by atoms with Gasteiger partial charge in [-0.2, -0.15) is 4.98 Å². The van der Waals surface area contributed by atoms with Gasteiger partial charge in [0.15, 0.2) is 0 Å². The van der Waals surface area contributed by atoms with E-state index in [0.29, 0.717) is 12.0 Å². The standard InChI is InChI=1S/C17H17N5/c1-11-9-16(20-13-4-5-13)22-17(19-11)21-14-6-7-15-12(10-14)3-2-8-18-15/h2-3,6-10,13H,4-5H2,1H3,(H2,19,20,21,22). The van der Waals surface area contributed by atoms with Gasteiger partial charge in [0.05, 0.1) is 5.52 Å². The molecular formula is C17H17N5. The molecule has 1 fully saturated rings. The molecule has 3 aromatic rings. The molecule has 0 unspecified atom stereocenters. The number of benzene rings is 1. The molecule has 0 spiro atoms. The van der Waals surface area contributed by atoms with E-state index in [4.69, 9.17) is 0 Å². The Morgan fingerprint density at radius 1 is 1.09 bits per heavy atom. The van der Waals surface area contributed by atoms with Gasteiger partial charge in [0.2, 0.25) is 5.95 Å². The fourth-order valence-electron chi connectivity index (χ4n) is 2.42. The number of pyridine rings is 1. The molecule has 5 heteroatoms. The Hall–Kier alpha value is -2.69. The number of anilines is 3. The summed E-state index contributed by atoms with van der Waals surface area (Å²) in [5, 5.41) is 7.79. The van der Waals surface area contributed by atoms with Gasteiger partial charge < -0.3 is 10.6 Å². The van der Waals surface area contributed by atoms with Crippen LogP contribution < -0.4 is 10.6 Å². The number of rotatable bonds is 4. The fourth-order valence-corrected chi connectivity index (χ4v) is 2.42. The fraction of sp³-hybridized carbons (Fsp3) is 0.235. The van der Waals surface area contributed by atoms with Crippen molar-refractivity contribution in [3.63, 3.8) is 0 Å². The lowest BCUT2D eigenvalue weighted by Crippen LogP contribution is -2.06. The van der Waals surface area contributed by atoms with E-state index in [9.17, 15) is 0 Å². The van der Waals surface area contributed by atoms with Gasteiger partial charge in [-0.25, -0.2) is 4.98 Å². The van der Waals surface area contributed by atoms with Crippen LogP contribution in [0.2, 0.25) is 0 Å². The zero-order chi connectivity index (χ0) is 14.9. The average molecular weight is 291 g/mol. The first-order valence-electron chi connectivity index (χ1n) is 7.50. The monoisotopic (exact) mass is 291 g/mol. The predicted molar refractivity (Wildman–Crippen MR) is 88.4 cm³/mol. The summed E-state index contributed by atoms with van der Waals surface area (Å²) in [6.07, 6.45) is 4.25. The number of nitrogens with zero attached hydrogens (tertiary/aromatic N) is 3. The summed E-state index contributed by atoms with van der Waals surface area (Å²) in [5.74, 6) is 1.51. The Labute approximate surface area is 128 Å².